The number of carbonyl (C=O) groups is 2. The average Bonchev–Trinajstić information content (AvgIpc) is 2.98. The summed E-state index contributed by atoms with van der Waals surface area (Å²) in [7, 11) is 0. The van der Waals surface area contributed by atoms with Gasteiger partial charge in [-0.1, -0.05) is 0 Å². The predicted octanol–water partition coefficient (Wildman–Crippen LogP) is 2.41. The van der Waals surface area contributed by atoms with E-state index in [9.17, 15) is 23.5 Å². The van der Waals surface area contributed by atoms with Gasteiger partial charge in [0.25, 0.3) is 5.91 Å². The van der Waals surface area contributed by atoms with Crippen molar-refractivity contribution in [3.63, 3.8) is 0 Å². The SMILES string of the molecule is O=C(NC1C[C@H]2CC[C@@H](C1)N2C(=O)O)c1ccc2c(c1)OC(F)(F)O2. The zero-order valence-corrected chi connectivity index (χ0v) is 13.1. The molecule has 25 heavy (non-hydrogen) atoms. The highest BCUT2D eigenvalue weighted by Crippen LogP contribution is 2.41. The van der Waals surface area contributed by atoms with E-state index in [0.29, 0.717) is 12.8 Å². The van der Waals surface area contributed by atoms with Gasteiger partial charge in [0.1, 0.15) is 0 Å². The Labute approximate surface area is 141 Å². The first-order valence-corrected chi connectivity index (χ1v) is 8.04. The molecule has 9 heteroatoms. The Morgan fingerprint density at radius 2 is 1.80 bits per heavy atom. The van der Waals surface area contributed by atoms with E-state index in [1.54, 1.807) is 0 Å². The molecule has 2 N–H and O–H groups in total. The second-order valence-electron chi connectivity index (χ2n) is 6.55. The third kappa shape index (κ3) is 2.83. The Morgan fingerprint density at radius 1 is 1.16 bits per heavy atom. The summed E-state index contributed by atoms with van der Waals surface area (Å²) in [6, 6.07) is 3.55. The highest BCUT2D eigenvalue weighted by molar-refractivity contribution is 5.95. The molecule has 0 spiro atoms. The third-order valence-electron chi connectivity index (χ3n) is 4.95. The second kappa shape index (κ2) is 5.47. The van der Waals surface area contributed by atoms with Crippen LogP contribution in [0.5, 0.6) is 11.5 Å². The maximum Gasteiger partial charge on any atom is 0.586 e. The van der Waals surface area contributed by atoms with E-state index in [4.69, 9.17) is 0 Å². The number of carboxylic acid groups (broad SMARTS) is 1. The van der Waals surface area contributed by atoms with E-state index in [1.165, 1.54) is 23.1 Å². The molecule has 7 nitrogen and oxygen atoms in total. The van der Waals surface area contributed by atoms with Gasteiger partial charge < -0.3 is 24.8 Å². The molecule has 2 fully saturated rings. The number of ether oxygens (including phenoxy) is 2. The van der Waals surface area contributed by atoms with Gasteiger partial charge in [0.05, 0.1) is 0 Å². The van der Waals surface area contributed by atoms with Crippen molar-refractivity contribution < 1.29 is 33.0 Å². The third-order valence-corrected chi connectivity index (χ3v) is 4.95. The lowest BCUT2D eigenvalue weighted by atomic mass is 9.97. The number of rotatable bonds is 2. The zero-order valence-electron chi connectivity index (χ0n) is 13.1. The molecule has 134 valence electrons. The summed E-state index contributed by atoms with van der Waals surface area (Å²) in [6.45, 7) is 0. The molecule has 3 heterocycles. The Morgan fingerprint density at radius 3 is 2.44 bits per heavy atom. The normalized spacial score (nSPS) is 28.7. The van der Waals surface area contributed by atoms with Crippen LogP contribution >= 0.6 is 0 Å². The Balaban J connectivity index is 1.43. The quantitative estimate of drug-likeness (QED) is 0.852. The molecular weight excluding hydrogens is 338 g/mol. The van der Waals surface area contributed by atoms with Gasteiger partial charge in [-0.2, -0.15) is 0 Å². The van der Waals surface area contributed by atoms with Gasteiger partial charge in [-0.05, 0) is 43.9 Å². The molecule has 0 aromatic heterocycles. The van der Waals surface area contributed by atoms with E-state index >= 15 is 0 Å². The molecule has 3 atom stereocenters. The summed E-state index contributed by atoms with van der Waals surface area (Å²) in [5, 5.41) is 12.1. The highest BCUT2D eigenvalue weighted by Gasteiger charge is 2.45. The summed E-state index contributed by atoms with van der Waals surface area (Å²) >= 11 is 0. The Bertz CT molecular complexity index is 727. The van der Waals surface area contributed by atoms with Crippen molar-refractivity contribution >= 4 is 12.0 Å². The minimum absolute atomic E-state index is 0.0861. The van der Waals surface area contributed by atoms with E-state index < -0.39 is 18.3 Å². The van der Waals surface area contributed by atoms with Crippen LogP contribution in [-0.2, 0) is 0 Å². The minimum atomic E-state index is -3.72. The van der Waals surface area contributed by atoms with E-state index in [2.05, 4.69) is 14.8 Å². The number of fused-ring (bicyclic) bond motifs is 3. The summed E-state index contributed by atoms with van der Waals surface area (Å²) in [5.74, 6) is -0.706. The zero-order chi connectivity index (χ0) is 17.8. The lowest BCUT2D eigenvalue weighted by Gasteiger charge is -2.37. The first-order chi connectivity index (χ1) is 11.8. The topological polar surface area (TPSA) is 88.1 Å². The standard InChI is InChI=1S/C16H16F2N2O5/c17-16(18)24-12-4-1-8(5-13(12)25-16)14(21)19-9-6-10-2-3-11(7-9)20(10)15(22)23/h1,4-5,9-11H,2-3,6-7H2,(H,19,21)(H,22,23)/t9?,10-,11+. The van der Waals surface area contributed by atoms with Crippen LogP contribution in [0, 0.1) is 0 Å². The largest absolute Gasteiger partial charge is 0.586 e. The fourth-order valence-electron chi connectivity index (χ4n) is 3.97. The molecule has 3 aliphatic heterocycles. The summed E-state index contributed by atoms with van der Waals surface area (Å²) in [5.41, 5.74) is 0.188. The molecule has 4 rings (SSSR count). The molecular formula is C16H16F2N2O5. The predicted molar refractivity (Wildman–Crippen MR) is 79.8 cm³/mol. The maximum atomic E-state index is 13.0. The van der Waals surface area contributed by atoms with Gasteiger partial charge in [0.15, 0.2) is 11.5 Å². The van der Waals surface area contributed by atoms with Gasteiger partial charge in [-0.15, -0.1) is 8.78 Å². The molecule has 2 saturated heterocycles. The first-order valence-electron chi connectivity index (χ1n) is 8.04. The fraction of sp³-hybridized carbons (Fsp3) is 0.500. The van der Waals surface area contributed by atoms with Crippen LogP contribution in [0.1, 0.15) is 36.0 Å². The summed E-state index contributed by atoms with van der Waals surface area (Å²) in [4.78, 5) is 25.2. The van der Waals surface area contributed by atoms with Crippen molar-refractivity contribution in [3.8, 4) is 11.5 Å². The van der Waals surface area contributed by atoms with Crippen LogP contribution in [-0.4, -0.2) is 46.4 Å². The van der Waals surface area contributed by atoms with Crippen molar-refractivity contribution in [2.45, 2.75) is 50.1 Å². The lowest BCUT2D eigenvalue weighted by Crippen LogP contribution is -2.52. The van der Waals surface area contributed by atoms with Gasteiger partial charge in [-0.3, -0.25) is 4.79 Å². The molecule has 0 aliphatic carbocycles. The van der Waals surface area contributed by atoms with Crippen LogP contribution in [0.25, 0.3) is 0 Å². The van der Waals surface area contributed by atoms with Gasteiger partial charge in [0, 0.05) is 23.7 Å². The van der Waals surface area contributed by atoms with Crippen LogP contribution < -0.4 is 14.8 Å². The Hall–Kier alpha value is -2.58. The molecule has 0 radical (unpaired) electrons. The smallest absolute Gasteiger partial charge is 0.465 e. The summed E-state index contributed by atoms with van der Waals surface area (Å²) in [6.07, 6.45) is -1.95. The lowest BCUT2D eigenvalue weighted by molar-refractivity contribution is -0.286. The number of hydrogen-bond acceptors (Lipinski definition) is 4. The number of halogens is 2. The average molecular weight is 354 g/mol. The molecule has 0 saturated carbocycles. The van der Waals surface area contributed by atoms with Crippen LogP contribution in [0.4, 0.5) is 13.6 Å². The number of benzene rings is 1. The van der Waals surface area contributed by atoms with Crippen LogP contribution in [0.2, 0.25) is 0 Å². The number of carbonyl (C=O) groups excluding carboxylic acids is 1. The molecule has 1 aromatic rings. The number of nitrogens with one attached hydrogen (secondary N) is 1. The van der Waals surface area contributed by atoms with E-state index in [-0.39, 0.29) is 35.2 Å². The van der Waals surface area contributed by atoms with Crippen molar-refractivity contribution in [1.29, 1.82) is 0 Å². The van der Waals surface area contributed by atoms with E-state index in [1.807, 2.05) is 0 Å². The van der Waals surface area contributed by atoms with Gasteiger partial charge in [0.2, 0.25) is 0 Å². The van der Waals surface area contributed by atoms with Crippen LogP contribution in [0.3, 0.4) is 0 Å². The first kappa shape index (κ1) is 15.9. The number of amides is 2. The van der Waals surface area contributed by atoms with Gasteiger partial charge >= 0.3 is 12.4 Å². The number of alkyl halides is 2. The van der Waals surface area contributed by atoms with Crippen molar-refractivity contribution in [3.05, 3.63) is 23.8 Å². The molecule has 3 aliphatic rings. The Kier molecular flexibility index (Phi) is 3.48. The van der Waals surface area contributed by atoms with Crippen molar-refractivity contribution in [1.82, 2.24) is 10.2 Å². The van der Waals surface area contributed by atoms with E-state index in [0.717, 1.165) is 12.8 Å². The van der Waals surface area contributed by atoms with Crippen LogP contribution in [0.15, 0.2) is 18.2 Å². The number of nitrogens with zero attached hydrogens (tertiary/aromatic N) is 1. The molecule has 2 amide bonds. The molecule has 2 bridgehead atoms. The summed E-state index contributed by atoms with van der Waals surface area (Å²) < 4.78 is 34.7. The van der Waals surface area contributed by atoms with Crippen molar-refractivity contribution in [2.24, 2.45) is 0 Å². The monoisotopic (exact) mass is 354 g/mol. The number of hydrogen-bond donors (Lipinski definition) is 2. The second-order valence-corrected chi connectivity index (χ2v) is 6.55. The highest BCUT2D eigenvalue weighted by atomic mass is 19.3. The van der Waals surface area contributed by atoms with Gasteiger partial charge in [-0.25, -0.2) is 4.79 Å². The molecule has 1 aromatic carbocycles. The fourth-order valence-corrected chi connectivity index (χ4v) is 3.97. The maximum absolute atomic E-state index is 13.0. The molecule has 1 unspecified atom stereocenters. The van der Waals surface area contributed by atoms with Crippen molar-refractivity contribution in [2.75, 3.05) is 0 Å². The minimum Gasteiger partial charge on any atom is -0.465 e. The number of piperidine rings is 1.